The van der Waals surface area contributed by atoms with Crippen molar-refractivity contribution in [1.29, 1.82) is 0 Å². The van der Waals surface area contributed by atoms with Crippen LogP contribution in [0.4, 0.5) is 10.1 Å². The van der Waals surface area contributed by atoms with E-state index in [0.717, 1.165) is 0 Å². The van der Waals surface area contributed by atoms with E-state index in [9.17, 15) is 14.0 Å². The van der Waals surface area contributed by atoms with Crippen LogP contribution in [0.15, 0.2) is 64.2 Å². The molecule has 0 bridgehead atoms. The van der Waals surface area contributed by atoms with Gasteiger partial charge in [-0.2, -0.15) is 5.10 Å². The predicted octanol–water partition coefficient (Wildman–Crippen LogP) is 5.57. The maximum Gasteiger partial charge on any atom is 0.329 e. The molecule has 2 N–H and O–H groups in total. The number of benzene rings is 3. The quantitative estimate of drug-likeness (QED) is 0.221. The van der Waals surface area contributed by atoms with Crippen molar-refractivity contribution in [3.8, 4) is 11.5 Å². The van der Waals surface area contributed by atoms with E-state index in [1.54, 1.807) is 42.5 Å². The number of methoxy groups -OCH3 is 1. The van der Waals surface area contributed by atoms with Crippen molar-refractivity contribution >= 4 is 62.8 Å². The minimum atomic E-state index is -0.982. The molecule has 7 nitrogen and oxygen atoms in total. The molecule has 3 aromatic carbocycles. The van der Waals surface area contributed by atoms with Crippen molar-refractivity contribution in [2.24, 2.45) is 5.10 Å². The normalized spacial score (nSPS) is 10.7. The fraction of sp³-hybridized carbons (Fsp3) is 0.0870. The minimum Gasteiger partial charge on any atom is -0.493 e. The Morgan fingerprint density at radius 1 is 1.09 bits per heavy atom. The van der Waals surface area contributed by atoms with Crippen LogP contribution in [0.25, 0.3) is 0 Å². The van der Waals surface area contributed by atoms with Crippen molar-refractivity contribution < 1.29 is 23.5 Å². The smallest absolute Gasteiger partial charge is 0.329 e. The monoisotopic (exact) mass is 567 g/mol. The largest absolute Gasteiger partial charge is 0.493 e. The molecule has 0 radical (unpaired) electrons. The predicted molar refractivity (Wildman–Crippen MR) is 132 cm³/mol. The molecule has 0 saturated carbocycles. The van der Waals surface area contributed by atoms with E-state index in [-0.39, 0.29) is 17.2 Å². The molecule has 0 unspecified atom stereocenters. The summed E-state index contributed by atoms with van der Waals surface area (Å²) in [5, 5.41) is 6.72. The number of hydrogen-bond acceptors (Lipinski definition) is 5. The van der Waals surface area contributed by atoms with Crippen molar-refractivity contribution in [2.75, 3.05) is 12.4 Å². The number of anilines is 1. The number of para-hydroxylation sites is 1. The summed E-state index contributed by atoms with van der Waals surface area (Å²) in [7, 11) is 1.44. The zero-order valence-corrected chi connectivity index (χ0v) is 20.7. The number of hydrazone groups is 1. The summed E-state index contributed by atoms with van der Waals surface area (Å²) in [6, 6.07) is 14.1. The Morgan fingerprint density at radius 3 is 2.53 bits per heavy atom. The molecule has 0 aromatic heterocycles. The number of ether oxygens (including phenoxy) is 2. The van der Waals surface area contributed by atoms with Crippen LogP contribution in [0.5, 0.6) is 11.5 Å². The van der Waals surface area contributed by atoms with E-state index < -0.39 is 17.6 Å². The van der Waals surface area contributed by atoms with E-state index in [1.807, 2.05) is 0 Å². The van der Waals surface area contributed by atoms with Crippen molar-refractivity contribution in [2.45, 2.75) is 6.61 Å². The first-order valence-electron chi connectivity index (χ1n) is 9.62. The molecular formula is C23H17BrCl2FN3O4. The van der Waals surface area contributed by atoms with Gasteiger partial charge in [0.25, 0.3) is 0 Å². The lowest BCUT2D eigenvalue weighted by Crippen LogP contribution is -2.32. The number of amides is 2. The Hall–Kier alpha value is -3.14. The molecule has 0 heterocycles. The Balaban J connectivity index is 1.66. The van der Waals surface area contributed by atoms with Crippen LogP contribution in [0, 0.1) is 5.82 Å². The van der Waals surface area contributed by atoms with Gasteiger partial charge in [0, 0.05) is 5.56 Å². The average molecular weight is 569 g/mol. The SMILES string of the molecule is COc1cc(C=NNC(=O)C(=O)Nc2ccccc2Cl)cc(Br)c1OCc1c(F)cccc1Cl. The van der Waals surface area contributed by atoms with Gasteiger partial charge >= 0.3 is 11.8 Å². The molecule has 3 rings (SSSR count). The molecule has 3 aromatic rings. The lowest BCUT2D eigenvalue weighted by molar-refractivity contribution is -0.136. The van der Waals surface area contributed by atoms with E-state index in [0.29, 0.717) is 32.2 Å². The third-order valence-electron chi connectivity index (χ3n) is 4.38. The van der Waals surface area contributed by atoms with Crippen LogP contribution in [0.3, 0.4) is 0 Å². The van der Waals surface area contributed by atoms with Gasteiger partial charge in [0.05, 0.1) is 33.5 Å². The summed E-state index contributed by atoms with van der Waals surface area (Å²) < 4.78 is 25.6. The number of nitrogens with zero attached hydrogens (tertiary/aromatic N) is 1. The molecule has 0 aliphatic heterocycles. The number of halogens is 4. The third-order valence-corrected chi connectivity index (χ3v) is 5.66. The van der Waals surface area contributed by atoms with Gasteiger partial charge in [-0.25, -0.2) is 9.82 Å². The fourth-order valence-electron chi connectivity index (χ4n) is 2.73. The molecule has 0 atom stereocenters. The van der Waals surface area contributed by atoms with Crippen LogP contribution >= 0.6 is 39.1 Å². The van der Waals surface area contributed by atoms with Gasteiger partial charge in [0.1, 0.15) is 12.4 Å². The van der Waals surface area contributed by atoms with Crippen LogP contribution in [-0.4, -0.2) is 25.1 Å². The topological polar surface area (TPSA) is 89.0 Å². The summed E-state index contributed by atoms with van der Waals surface area (Å²) in [4.78, 5) is 24.0. The van der Waals surface area contributed by atoms with Crippen LogP contribution < -0.4 is 20.2 Å². The molecule has 0 fully saturated rings. The number of carbonyl (C=O) groups excluding carboxylic acids is 2. The van der Waals surface area contributed by atoms with Crippen LogP contribution in [0.2, 0.25) is 10.0 Å². The zero-order chi connectivity index (χ0) is 24.7. The van der Waals surface area contributed by atoms with Gasteiger partial charge in [-0.1, -0.05) is 41.4 Å². The highest BCUT2D eigenvalue weighted by Gasteiger charge is 2.16. The van der Waals surface area contributed by atoms with Gasteiger partial charge in [0.2, 0.25) is 0 Å². The molecular weight excluding hydrogens is 552 g/mol. The number of hydrogen-bond donors (Lipinski definition) is 2. The van der Waals surface area contributed by atoms with E-state index in [4.69, 9.17) is 32.7 Å². The van der Waals surface area contributed by atoms with E-state index in [2.05, 4.69) is 31.8 Å². The number of rotatable bonds is 7. The summed E-state index contributed by atoms with van der Waals surface area (Å²) in [6.45, 7) is -0.121. The van der Waals surface area contributed by atoms with Crippen LogP contribution in [-0.2, 0) is 16.2 Å². The highest BCUT2D eigenvalue weighted by atomic mass is 79.9. The summed E-state index contributed by atoms with van der Waals surface area (Å²) >= 11 is 15.4. The second kappa shape index (κ2) is 11.8. The zero-order valence-electron chi connectivity index (χ0n) is 17.6. The van der Waals surface area contributed by atoms with Gasteiger partial charge in [-0.3, -0.25) is 9.59 Å². The highest BCUT2D eigenvalue weighted by Crippen LogP contribution is 2.37. The Morgan fingerprint density at radius 2 is 1.82 bits per heavy atom. The van der Waals surface area contributed by atoms with Crippen LogP contribution in [0.1, 0.15) is 11.1 Å². The maximum absolute atomic E-state index is 14.0. The molecule has 176 valence electrons. The standard InChI is InChI=1S/C23H17BrCl2FN3O4/c1-33-20-10-13(9-15(24)21(20)34-12-14-16(25)6-4-7-18(14)27)11-28-30-23(32)22(31)29-19-8-3-2-5-17(19)26/h2-11H,12H2,1H3,(H,29,31)(H,30,32). The molecule has 0 saturated heterocycles. The molecule has 0 spiro atoms. The van der Waals surface area contributed by atoms with Gasteiger partial charge in [-0.15, -0.1) is 0 Å². The second-order valence-corrected chi connectivity index (χ2v) is 8.32. The first kappa shape index (κ1) is 25.5. The van der Waals surface area contributed by atoms with Gasteiger partial charge < -0.3 is 14.8 Å². The van der Waals surface area contributed by atoms with Crippen molar-refractivity contribution in [3.05, 3.63) is 86.1 Å². The first-order chi connectivity index (χ1) is 16.3. The maximum atomic E-state index is 14.0. The molecule has 11 heteroatoms. The van der Waals surface area contributed by atoms with E-state index >= 15 is 0 Å². The Bertz CT molecular complexity index is 1240. The van der Waals surface area contributed by atoms with Crippen molar-refractivity contribution in [3.63, 3.8) is 0 Å². The third kappa shape index (κ3) is 6.47. The lowest BCUT2D eigenvalue weighted by atomic mass is 10.2. The number of carbonyl (C=O) groups is 2. The molecule has 0 aliphatic rings. The minimum absolute atomic E-state index is 0.121. The van der Waals surface area contributed by atoms with Gasteiger partial charge in [0.15, 0.2) is 11.5 Å². The summed E-state index contributed by atoms with van der Waals surface area (Å²) in [6.07, 6.45) is 1.31. The Kier molecular flexibility index (Phi) is 8.86. The summed E-state index contributed by atoms with van der Waals surface area (Å²) in [5.41, 5.74) is 3.16. The average Bonchev–Trinajstić information content (AvgIpc) is 2.80. The highest BCUT2D eigenvalue weighted by molar-refractivity contribution is 9.10. The van der Waals surface area contributed by atoms with Gasteiger partial charge in [-0.05, 0) is 57.9 Å². The van der Waals surface area contributed by atoms with Crippen molar-refractivity contribution in [1.82, 2.24) is 5.43 Å². The Labute approximate surface area is 213 Å². The lowest BCUT2D eigenvalue weighted by Gasteiger charge is -2.14. The molecule has 2 amide bonds. The molecule has 0 aliphatic carbocycles. The van der Waals surface area contributed by atoms with E-state index in [1.165, 1.54) is 25.5 Å². The first-order valence-corrected chi connectivity index (χ1v) is 11.2. The number of nitrogens with one attached hydrogen (secondary N) is 2. The molecule has 34 heavy (non-hydrogen) atoms. The fourth-order valence-corrected chi connectivity index (χ4v) is 3.70. The summed E-state index contributed by atoms with van der Waals surface area (Å²) in [5.74, 6) is -1.75. The second-order valence-electron chi connectivity index (χ2n) is 6.66.